The minimum absolute atomic E-state index is 0.0911. The lowest BCUT2D eigenvalue weighted by Crippen LogP contribution is -2.37. The molecule has 1 N–H and O–H groups in total. The van der Waals surface area contributed by atoms with Crippen molar-refractivity contribution >= 4 is 23.5 Å². The number of hydrogen-bond acceptors (Lipinski definition) is 4. The summed E-state index contributed by atoms with van der Waals surface area (Å²) in [4.78, 5) is 16.4. The number of aryl methyl sites for hydroxylation is 3. The standard InChI is InChI=1S/C27H30N4OS/c1-18-5-8-24(15-25(18)29-33-26-19(2)17-30(4)20(26)3)27(32)31-13-11-23(12-14-31)22-9-6-21(16-28)7-10-22/h5-10,15,17,23,29H,11-14H2,1-4H3. The van der Waals surface area contributed by atoms with Crippen molar-refractivity contribution in [3.05, 3.63) is 82.2 Å². The van der Waals surface area contributed by atoms with E-state index in [4.69, 9.17) is 5.26 Å². The van der Waals surface area contributed by atoms with Crippen LogP contribution in [0.15, 0.2) is 53.6 Å². The summed E-state index contributed by atoms with van der Waals surface area (Å²) >= 11 is 1.60. The molecule has 2 heterocycles. The number of nitrogens with one attached hydrogen (secondary N) is 1. The first-order chi connectivity index (χ1) is 15.9. The van der Waals surface area contributed by atoms with Crippen LogP contribution in [0.4, 0.5) is 5.69 Å². The van der Waals surface area contributed by atoms with Crippen LogP contribution in [-0.4, -0.2) is 28.5 Å². The smallest absolute Gasteiger partial charge is 0.253 e. The lowest BCUT2D eigenvalue weighted by Gasteiger charge is -2.32. The Bertz CT molecular complexity index is 1200. The van der Waals surface area contributed by atoms with Crippen molar-refractivity contribution in [2.24, 2.45) is 7.05 Å². The Balaban J connectivity index is 1.41. The summed E-state index contributed by atoms with van der Waals surface area (Å²) in [7, 11) is 2.06. The summed E-state index contributed by atoms with van der Waals surface area (Å²) in [6.45, 7) is 7.79. The first kappa shape index (κ1) is 23.0. The Hall–Kier alpha value is -3.17. The summed E-state index contributed by atoms with van der Waals surface area (Å²) in [6.07, 6.45) is 4.02. The number of aromatic nitrogens is 1. The second-order valence-corrected chi connectivity index (χ2v) is 9.69. The number of benzene rings is 2. The van der Waals surface area contributed by atoms with E-state index in [1.165, 1.54) is 21.7 Å². The molecule has 0 radical (unpaired) electrons. The number of likely N-dealkylation sites (tertiary alicyclic amines) is 1. The molecule has 0 aliphatic carbocycles. The van der Waals surface area contributed by atoms with Crippen LogP contribution < -0.4 is 4.72 Å². The van der Waals surface area contributed by atoms with Crippen LogP contribution in [0.25, 0.3) is 0 Å². The Kier molecular flexibility index (Phi) is 6.80. The molecule has 0 atom stereocenters. The average molecular weight is 459 g/mol. The number of carbonyl (C=O) groups is 1. The fraction of sp³-hybridized carbons (Fsp3) is 0.333. The number of rotatable bonds is 5. The molecular weight excluding hydrogens is 428 g/mol. The lowest BCUT2D eigenvalue weighted by molar-refractivity contribution is 0.0713. The Morgan fingerprint density at radius 1 is 1.06 bits per heavy atom. The molecule has 1 saturated heterocycles. The molecule has 4 rings (SSSR count). The highest BCUT2D eigenvalue weighted by Crippen LogP contribution is 2.32. The van der Waals surface area contributed by atoms with Crippen LogP contribution in [0.3, 0.4) is 0 Å². The second-order valence-electron chi connectivity index (χ2n) is 8.87. The van der Waals surface area contributed by atoms with Crippen molar-refractivity contribution in [2.75, 3.05) is 17.8 Å². The van der Waals surface area contributed by atoms with Gasteiger partial charge in [-0.05, 0) is 92.4 Å². The van der Waals surface area contributed by atoms with Crippen LogP contribution in [0.5, 0.6) is 0 Å². The van der Waals surface area contributed by atoms with E-state index in [0.717, 1.165) is 42.7 Å². The summed E-state index contributed by atoms with van der Waals surface area (Å²) in [5.41, 5.74) is 7.22. The maximum absolute atomic E-state index is 13.2. The molecule has 5 nitrogen and oxygen atoms in total. The van der Waals surface area contributed by atoms with Gasteiger partial charge >= 0.3 is 0 Å². The number of nitrogens with zero attached hydrogens (tertiary/aromatic N) is 3. The number of nitriles is 1. The van der Waals surface area contributed by atoms with Gasteiger partial charge in [0.2, 0.25) is 0 Å². The van der Waals surface area contributed by atoms with Crippen LogP contribution in [0.2, 0.25) is 0 Å². The first-order valence-corrected chi connectivity index (χ1v) is 12.1. The summed E-state index contributed by atoms with van der Waals surface area (Å²) in [5.74, 6) is 0.527. The highest BCUT2D eigenvalue weighted by atomic mass is 32.2. The van der Waals surface area contributed by atoms with Crippen molar-refractivity contribution in [1.82, 2.24) is 9.47 Å². The average Bonchev–Trinajstić information content (AvgIpc) is 3.08. The Morgan fingerprint density at radius 2 is 1.76 bits per heavy atom. The third kappa shape index (κ3) is 4.94. The lowest BCUT2D eigenvalue weighted by atomic mass is 9.89. The highest BCUT2D eigenvalue weighted by molar-refractivity contribution is 8.00. The van der Waals surface area contributed by atoms with E-state index in [1.807, 2.05) is 47.4 Å². The van der Waals surface area contributed by atoms with Crippen LogP contribution in [0.1, 0.15) is 57.1 Å². The van der Waals surface area contributed by atoms with Gasteiger partial charge in [-0.15, -0.1) is 0 Å². The van der Waals surface area contributed by atoms with Gasteiger partial charge in [-0.1, -0.05) is 18.2 Å². The quantitative estimate of drug-likeness (QED) is 0.479. The maximum atomic E-state index is 13.2. The van der Waals surface area contributed by atoms with Crippen LogP contribution >= 0.6 is 11.9 Å². The number of carbonyl (C=O) groups excluding carboxylic acids is 1. The van der Waals surface area contributed by atoms with Gasteiger partial charge in [0.15, 0.2) is 0 Å². The Labute approximate surface area is 200 Å². The van der Waals surface area contributed by atoms with Crippen molar-refractivity contribution < 1.29 is 4.79 Å². The van der Waals surface area contributed by atoms with Crippen molar-refractivity contribution in [2.45, 2.75) is 44.4 Å². The van der Waals surface area contributed by atoms with Gasteiger partial charge < -0.3 is 14.2 Å². The summed E-state index contributed by atoms with van der Waals surface area (Å²) in [5, 5.41) is 9.00. The minimum atomic E-state index is 0.0911. The van der Waals surface area contributed by atoms with E-state index < -0.39 is 0 Å². The minimum Gasteiger partial charge on any atom is -0.353 e. The number of piperidine rings is 1. The molecule has 1 aliphatic heterocycles. The molecule has 3 aromatic rings. The Morgan fingerprint density at radius 3 is 2.36 bits per heavy atom. The predicted octanol–water partition coefficient (Wildman–Crippen LogP) is 5.96. The van der Waals surface area contributed by atoms with E-state index in [1.54, 1.807) is 11.9 Å². The number of hydrogen-bond donors (Lipinski definition) is 1. The molecule has 0 bridgehead atoms. The van der Waals surface area contributed by atoms with Gasteiger partial charge in [-0.3, -0.25) is 4.79 Å². The molecule has 0 spiro atoms. The van der Waals surface area contributed by atoms with Gasteiger partial charge in [0.1, 0.15) is 0 Å². The third-order valence-electron chi connectivity index (χ3n) is 6.64. The normalized spacial score (nSPS) is 14.2. The molecule has 1 aliphatic rings. The SMILES string of the molecule is Cc1ccc(C(=O)N2CCC(c3ccc(C#N)cc3)CC2)cc1NSc1c(C)cn(C)c1C. The van der Waals surface area contributed by atoms with Crippen LogP contribution in [-0.2, 0) is 7.05 Å². The molecule has 170 valence electrons. The zero-order chi connectivity index (χ0) is 23.5. The monoisotopic (exact) mass is 458 g/mol. The van der Waals surface area contributed by atoms with Crippen molar-refractivity contribution in [1.29, 1.82) is 5.26 Å². The van der Waals surface area contributed by atoms with Crippen LogP contribution in [0, 0.1) is 32.1 Å². The van der Waals surface area contributed by atoms with E-state index >= 15 is 0 Å². The van der Waals surface area contributed by atoms with E-state index in [2.05, 4.69) is 49.4 Å². The zero-order valence-corrected chi connectivity index (χ0v) is 20.5. The van der Waals surface area contributed by atoms with Gasteiger partial charge in [0.05, 0.1) is 16.5 Å². The molecule has 6 heteroatoms. The van der Waals surface area contributed by atoms with Crippen molar-refractivity contribution in [3.8, 4) is 6.07 Å². The molecular formula is C27H30N4OS. The molecule has 0 saturated carbocycles. The van der Waals surface area contributed by atoms with E-state index in [-0.39, 0.29) is 5.91 Å². The van der Waals surface area contributed by atoms with Gasteiger partial charge in [-0.25, -0.2) is 0 Å². The first-order valence-electron chi connectivity index (χ1n) is 11.3. The zero-order valence-electron chi connectivity index (χ0n) is 19.7. The second kappa shape index (κ2) is 9.76. The molecule has 33 heavy (non-hydrogen) atoms. The molecule has 1 aromatic heterocycles. The van der Waals surface area contributed by atoms with Crippen molar-refractivity contribution in [3.63, 3.8) is 0 Å². The fourth-order valence-electron chi connectivity index (χ4n) is 4.45. The third-order valence-corrected chi connectivity index (χ3v) is 7.79. The van der Waals surface area contributed by atoms with Gasteiger partial charge in [0, 0.05) is 43.3 Å². The summed E-state index contributed by atoms with van der Waals surface area (Å²) in [6, 6.07) is 15.9. The highest BCUT2D eigenvalue weighted by Gasteiger charge is 2.25. The maximum Gasteiger partial charge on any atom is 0.253 e. The fourth-order valence-corrected chi connectivity index (χ4v) is 5.38. The molecule has 2 aromatic carbocycles. The van der Waals surface area contributed by atoms with Gasteiger partial charge in [-0.2, -0.15) is 5.26 Å². The van der Waals surface area contributed by atoms with E-state index in [9.17, 15) is 4.79 Å². The largest absolute Gasteiger partial charge is 0.353 e. The van der Waals surface area contributed by atoms with E-state index in [0.29, 0.717) is 11.5 Å². The number of anilines is 1. The molecule has 0 unspecified atom stereocenters. The topological polar surface area (TPSA) is 61.1 Å². The predicted molar refractivity (Wildman–Crippen MR) is 135 cm³/mol. The molecule has 1 fully saturated rings. The summed E-state index contributed by atoms with van der Waals surface area (Å²) < 4.78 is 5.60. The molecule has 1 amide bonds. The number of amides is 1. The van der Waals surface area contributed by atoms with Gasteiger partial charge in [0.25, 0.3) is 5.91 Å².